The number of H-pyrrole nitrogens is 2. The van der Waals surface area contributed by atoms with Crippen LogP contribution in [-0.2, 0) is 4.79 Å². The molecule has 142 valence electrons. The van der Waals surface area contributed by atoms with Crippen molar-refractivity contribution in [3.8, 4) is 29.0 Å². The van der Waals surface area contributed by atoms with Gasteiger partial charge < -0.3 is 14.5 Å². The molecular weight excluding hydrogens is 378 g/mol. The van der Waals surface area contributed by atoms with E-state index in [4.69, 9.17) is 14.8 Å². The van der Waals surface area contributed by atoms with Crippen molar-refractivity contribution in [3.05, 3.63) is 42.1 Å². The van der Waals surface area contributed by atoms with Crippen LogP contribution in [0.1, 0.15) is 19.4 Å². The molecular formula is C19H17N5O3S. The molecule has 0 spiro atoms. The molecule has 0 aliphatic heterocycles. The lowest BCUT2D eigenvalue weighted by Gasteiger charge is -1.98. The number of hydrogen-bond acceptors (Lipinski definition) is 6. The van der Waals surface area contributed by atoms with Gasteiger partial charge in [-0.2, -0.15) is 10.2 Å². The summed E-state index contributed by atoms with van der Waals surface area (Å²) < 4.78 is 5.84. The lowest BCUT2D eigenvalue weighted by Crippen LogP contribution is -1.97. The molecule has 9 heteroatoms. The molecule has 0 saturated carbocycles. The average molecular weight is 395 g/mol. The van der Waals surface area contributed by atoms with E-state index in [-0.39, 0.29) is 5.75 Å². The number of nitrogens with one attached hydrogen (secondary N) is 2. The van der Waals surface area contributed by atoms with Crippen molar-refractivity contribution in [2.24, 2.45) is 0 Å². The molecule has 0 amide bonds. The first-order chi connectivity index (χ1) is 13.6. The Labute approximate surface area is 164 Å². The number of thioether (sulfide) groups is 1. The maximum Gasteiger partial charge on any atom is 0.313 e. The number of nitrogens with zero attached hydrogens (tertiary/aromatic N) is 3. The molecule has 0 atom stereocenters. The lowest BCUT2D eigenvalue weighted by atomic mass is 10.1. The Morgan fingerprint density at radius 1 is 1.29 bits per heavy atom. The van der Waals surface area contributed by atoms with Gasteiger partial charge in [-0.15, -0.1) is 5.10 Å². The van der Waals surface area contributed by atoms with E-state index in [2.05, 4.69) is 26.2 Å². The minimum absolute atomic E-state index is 0.110. The smallest absolute Gasteiger partial charge is 0.313 e. The summed E-state index contributed by atoms with van der Waals surface area (Å²) in [7, 11) is 0. The van der Waals surface area contributed by atoms with E-state index >= 15 is 0 Å². The van der Waals surface area contributed by atoms with Gasteiger partial charge in [0, 0.05) is 22.7 Å². The molecule has 4 rings (SSSR count). The third-order valence-corrected chi connectivity index (χ3v) is 4.55. The van der Waals surface area contributed by atoms with Crippen LogP contribution in [0.25, 0.3) is 33.8 Å². The van der Waals surface area contributed by atoms with Crippen molar-refractivity contribution in [2.75, 3.05) is 5.75 Å². The minimum atomic E-state index is -0.930. The summed E-state index contributed by atoms with van der Waals surface area (Å²) >= 11 is 1.03. The fourth-order valence-electron chi connectivity index (χ4n) is 2.54. The molecule has 0 aliphatic carbocycles. The van der Waals surface area contributed by atoms with Crippen LogP contribution in [0.4, 0.5) is 0 Å². The van der Waals surface area contributed by atoms with E-state index in [0.29, 0.717) is 28.1 Å². The summed E-state index contributed by atoms with van der Waals surface area (Å²) in [6.07, 6.45) is 1.67. The van der Waals surface area contributed by atoms with Crippen LogP contribution >= 0.6 is 11.8 Å². The Morgan fingerprint density at radius 2 is 2.07 bits per heavy atom. The van der Waals surface area contributed by atoms with Crippen molar-refractivity contribution in [3.63, 3.8) is 0 Å². The Bertz CT molecular complexity index is 1150. The fraction of sp³-hybridized carbons (Fsp3) is 0.158. The van der Waals surface area contributed by atoms with Crippen LogP contribution in [0.5, 0.6) is 0 Å². The number of carboxylic acid groups (broad SMARTS) is 1. The van der Waals surface area contributed by atoms with Crippen LogP contribution in [0.2, 0.25) is 0 Å². The second-order valence-electron chi connectivity index (χ2n) is 5.39. The SMILES string of the molecule is CC.N#Cc1c[nH]c2cc(-c3ccc(-c4nc(SCC(=O)O)n[nH]4)o3)ccc12. The molecule has 8 nitrogen and oxygen atoms in total. The van der Waals surface area contributed by atoms with Crippen molar-refractivity contribution in [1.82, 2.24) is 20.2 Å². The zero-order valence-corrected chi connectivity index (χ0v) is 16.0. The molecule has 3 aromatic heterocycles. The van der Waals surface area contributed by atoms with E-state index in [1.807, 2.05) is 38.1 Å². The monoisotopic (exact) mass is 395 g/mol. The number of aromatic amines is 2. The number of fused-ring (bicyclic) bond motifs is 1. The normalized spacial score (nSPS) is 10.3. The van der Waals surface area contributed by atoms with E-state index in [0.717, 1.165) is 28.2 Å². The third-order valence-electron chi connectivity index (χ3n) is 3.72. The Morgan fingerprint density at radius 3 is 2.82 bits per heavy atom. The third kappa shape index (κ3) is 3.92. The summed E-state index contributed by atoms with van der Waals surface area (Å²) in [6, 6.07) is 11.4. The van der Waals surface area contributed by atoms with E-state index in [1.54, 1.807) is 12.3 Å². The molecule has 0 unspecified atom stereocenters. The molecule has 3 N–H and O–H groups in total. The summed E-state index contributed by atoms with van der Waals surface area (Å²) in [5.41, 5.74) is 2.30. The highest BCUT2D eigenvalue weighted by Gasteiger charge is 2.13. The van der Waals surface area contributed by atoms with Gasteiger partial charge in [-0.3, -0.25) is 9.89 Å². The van der Waals surface area contributed by atoms with Crippen molar-refractivity contribution in [2.45, 2.75) is 19.0 Å². The van der Waals surface area contributed by atoms with E-state index in [9.17, 15) is 4.79 Å². The number of furan rings is 1. The summed E-state index contributed by atoms with van der Waals surface area (Å²) in [5, 5.41) is 25.7. The fourth-order valence-corrected chi connectivity index (χ4v) is 3.06. The number of carboxylic acids is 1. The van der Waals surface area contributed by atoms with Crippen LogP contribution in [0.15, 0.2) is 46.1 Å². The van der Waals surface area contributed by atoms with E-state index in [1.165, 1.54) is 0 Å². The number of nitriles is 1. The molecule has 0 radical (unpaired) electrons. The topological polar surface area (TPSA) is 132 Å². The number of aliphatic carboxylic acids is 1. The van der Waals surface area contributed by atoms with Crippen molar-refractivity contribution >= 4 is 28.6 Å². The largest absolute Gasteiger partial charge is 0.481 e. The molecule has 0 fully saturated rings. The van der Waals surface area contributed by atoms with Gasteiger partial charge in [0.05, 0.1) is 11.3 Å². The highest BCUT2D eigenvalue weighted by atomic mass is 32.2. The second-order valence-corrected chi connectivity index (χ2v) is 6.33. The maximum atomic E-state index is 10.6. The highest BCUT2D eigenvalue weighted by molar-refractivity contribution is 7.99. The molecule has 3 heterocycles. The zero-order valence-electron chi connectivity index (χ0n) is 15.2. The Kier molecular flexibility index (Phi) is 5.81. The second kappa shape index (κ2) is 8.45. The lowest BCUT2D eigenvalue weighted by molar-refractivity contribution is -0.133. The molecule has 1 aromatic carbocycles. The van der Waals surface area contributed by atoms with Crippen LogP contribution in [0, 0.1) is 11.3 Å². The van der Waals surface area contributed by atoms with Gasteiger partial charge in [-0.1, -0.05) is 37.7 Å². The van der Waals surface area contributed by atoms with Gasteiger partial charge >= 0.3 is 5.97 Å². The predicted molar refractivity (Wildman–Crippen MR) is 106 cm³/mol. The zero-order chi connectivity index (χ0) is 20.1. The first kappa shape index (κ1) is 19.3. The van der Waals surface area contributed by atoms with E-state index < -0.39 is 5.97 Å². The van der Waals surface area contributed by atoms with Gasteiger partial charge in [-0.25, -0.2) is 0 Å². The summed E-state index contributed by atoms with van der Waals surface area (Å²) in [5.74, 6) is 0.532. The maximum absolute atomic E-state index is 10.6. The summed E-state index contributed by atoms with van der Waals surface area (Å²) in [4.78, 5) is 17.9. The number of hydrogen-bond donors (Lipinski definition) is 3. The minimum Gasteiger partial charge on any atom is -0.481 e. The standard InChI is InChI=1S/C17H11N5O3S.C2H6/c18-6-10-7-19-12-5-9(1-2-11(10)12)13-3-4-14(25-13)16-20-17(22-21-16)26-8-15(23)24;1-2/h1-5,7,19H,8H2,(H,23,24)(H,20,21,22);1-2H3. The van der Waals surface area contributed by atoms with Gasteiger partial charge in [0.15, 0.2) is 11.6 Å². The molecule has 4 aromatic rings. The predicted octanol–water partition coefficient (Wildman–Crippen LogP) is 4.29. The van der Waals surface area contributed by atoms with Gasteiger partial charge in [-0.05, 0) is 18.2 Å². The molecule has 0 aliphatic rings. The average Bonchev–Trinajstić information content (AvgIpc) is 3.45. The Balaban J connectivity index is 0.00000109. The molecule has 0 bridgehead atoms. The van der Waals surface area contributed by atoms with Crippen molar-refractivity contribution < 1.29 is 14.3 Å². The van der Waals surface area contributed by atoms with Crippen LogP contribution in [0.3, 0.4) is 0 Å². The first-order valence-corrected chi connectivity index (χ1v) is 9.51. The number of aromatic nitrogens is 4. The number of rotatable bonds is 5. The summed E-state index contributed by atoms with van der Waals surface area (Å²) in [6.45, 7) is 4.00. The van der Waals surface area contributed by atoms with Gasteiger partial charge in [0.2, 0.25) is 5.16 Å². The van der Waals surface area contributed by atoms with Crippen LogP contribution < -0.4 is 0 Å². The number of benzene rings is 1. The van der Waals surface area contributed by atoms with Gasteiger partial charge in [0.25, 0.3) is 0 Å². The quantitative estimate of drug-likeness (QED) is 0.429. The molecule has 0 saturated heterocycles. The Hall–Kier alpha value is -3.51. The van der Waals surface area contributed by atoms with Crippen molar-refractivity contribution in [1.29, 1.82) is 5.26 Å². The number of carbonyl (C=O) groups is 1. The highest BCUT2D eigenvalue weighted by Crippen LogP contribution is 2.30. The van der Waals surface area contributed by atoms with Gasteiger partial charge in [0.1, 0.15) is 11.8 Å². The molecule has 28 heavy (non-hydrogen) atoms. The van der Waals surface area contributed by atoms with Crippen LogP contribution in [-0.4, -0.2) is 37.0 Å². The first-order valence-electron chi connectivity index (χ1n) is 8.53.